The molecular formula is C15H15BrFIN2O. The molecule has 0 aliphatic heterocycles. The summed E-state index contributed by atoms with van der Waals surface area (Å²) in [5.41, 5.74) is 4.84. The molecule has 21 heavy (non-hydrogen) atoms. The van der Waals surface area contributed by atoms with Crippen LogP contribution in [-0.2, 0) is 6.42 Å². The second-order valence-electron chi connectivity index (χ2n) is 4.55. The summed E-state index contributed by atoms with van der Waals surface area (Å²) in [5.74, 6) is 6.23. The van der Waals surface area contributed by atoms with Crippen molar-refractivity contribution in [2.75, 3.05) is 7.11 Å². The van der Waals surface area contributed by atoms with Crippen LogP contribution in [0.1, 0.15) is 17.2 Å². The van der Waals surface area contributed by atoms with Gasteiger partial charge in [-0.15, -0.1) is 0 Å². The van der Waals surface area contributed by atoms with E-state index < -0.39 is 0 Å². The lowest BCUT2D eigenvalue weighted by Crippen LogP contribution is -2.30. The smallest absolute Gasteiger partial charge is 0.124 e. The molecule has 0 fully saturated rings. The molecule has 112 valence electrons. The largest absolute Gasteiger partial charge is 0.497 e. The monoisotopic (exact) mass is 464 g/mol. The first-order chi connectivity index (χ1) is 10.0. The number of nitrogens with two attached hydrogens (primary N) is 1. The maximum atomic E-state index is 13.2. The van der Waals surface area contributed by atoms with Crippen LogP contribution in [-0.4, -0.2) is 7.11 Å². The highest BCUT2D eigenvalue weighted by Crippen LogP contribution is 2.29. The first kappa shape index (κ1) is 16.7. The first-order valence-electron chi connectivity index (χ1n) is 6.28. The molecule has 0 spiro atoms. The SMILES string of the molecule is COc1ccc(Br)c(CC(NN)c2ccc(F)cc2I)c1. The second-order valence-corrected chi connectivity index (χ2v) is 6.56. The summed E-state index contributed by atoms with van der Waals surface area (Å²) < 4.78 is 20.3. The minimum Gasteiger partial charge on any atom is -0.497 e. The number of hydrogen-bond acceptors (Lipinski definition) is 3. The summed E-state index contributed by atoms with van der Waals surface area (Å²) in [6.45, 7) is 0. The zero-order valence-corrected chi connectivity index (χ0v) is 15.1. The van der Waals surface area contributed by atoms with Gasteiger partial charge in [0.2, 0.25) is 0 Å². The van der Waals surface area contributed by atoms with E-state index >= 15 is 0 Å². The fourth-order valence-electron chi connectivity index (χ4n) is 2.10. The molecule has 0 amide bonds. The minimum atomic E-state index is -0.249. The van der Waals surface area contributed by atoms with Crippen LogP contribution in [0.3, 0.4) is 0 Å². The molecule has 2 rings (SSSR count). The van der Waals surface area contributed by atoms with E-state index in [-0.39, 0.29) is 11.9 Å². The maximum Gasteiger partial charge on any atom is 0.124 e. The molecule has 0 aromatic heterocycles. The number of methoxy groups -OCH3 is 1. The second kappa shape index (κ2) is 7.53. The van der Waals surface area contributed by atoms with Gasteiger partial charge in [-0.25, -0.2) is 4.39 Å². The molecule has 2 aromatic rings. The quantitative estimate of drug-likeness (QED) is 0.400. The van der Waals surface area contributed by atoms with Crippen LogP contribution in [0.25, 0.3) is 0 Å². The molecule has 2 aromatic carbocycles. The molecule has 0 saturated heterocycles. The van der Waals surface area contributed by atoms with Gasteiger partial charge >= 0.3 is 0 Å². The number of hydrogen-bond donors (Lipinski definition) is 2. The molecule has 1 atom stereocenters. The minimum absolute atomic E-state index is 0.110. The highest BCUT2D eigenvalue weighted by atomic mass is 127. The number of ether oxygens (including phenoxy) is 1. The Bertz CT molecular complexity index is 639. The van der Waals surface area contributed by atoms with Crippen molar-refractivity contribution in [3.05, 3.63) is 61.4 Å². The van der Waals surface area contributed by atoms with Gasteiger partial charge < -0.3 is 4.74 Å². The summed E-state index contributed by atoms with van der Waals surface area (Å²) in [7, 11) is 1.63. The average Bonchev–Trinajstić information content (AvgIpc) is 2.47. The van der Waals surface area contributed by atoms with Crippen LogP contribution in [0.2, 0.25) is 0 Å². The molecule has 0 heterocycles. The van der Waals surface area contributed by atoms with Crippen LogP contribution >= 0.6 is 38.5 Å². The molecule has 0 aliphatic carbocycles. The Balaban J connectivity index is 2.30. The van der Waals surface area contributed by atoms with E-state index in [0.29, 0.717) is 6.42 Å². The van der Waals surface area contributed by atoms with Gasteiger partial charge in [-0.3, -0.25) is 11.3 Å². The van der Waals surface area contributed by atoms with E-state index in [1.165, 1.54) is 12.1 Å². The van der Waals surface area contributed by atoms with Crippen LogP contribution in [0, 0.1) is 9.39 Å². The molecule has 3 N–H and O–H groups in total. The molecule has 6 heteroatoms. The van der Waals surface area contributed by atoms with E-state index in [1.807, 2.05) is 18.2 Å². The predicted molar refractivity (Wildman–Crippen MR) is 93.6 cm³/mol. The number of benzene rings is 2. The maximum absolute atomic E-state index is 13.2. The Kier molecular flexibility index (Phi) is 5.98. The lowest BCUT2D eigenvalue weighted by molar-refractivity contribution is 0.413. The van der Waals surface area contributed by atoms with E-state index in [9.17, 15) is 4.39 Å². The molecule has 0 saturated carbocycles. The molecule has 3 nitrogen and oxygen atoms in total. The van der Waals surface area contributed by atoms with E-state index in [2.05, 4.69) is 43.9 Å². The summed E-state index contributed by atoms with van der Waals surface area (Å²) in [6, 6.07) is 10.4. The predicted octanol–water partition coefficient (Wildman–Crippen LogP) is 3.95. The molecule has 0 radical (unpaired) electrons. The highest BCUT2D eigenvalue weighted by Gasteiger charge is 2.16. The van der Waals surface area contributed by atoms with Crippen molar-refractivity contribution in [2.24, 2.45) is 5.84 Å². The van der Waals surface area contributed by atoms with E-state index in [4.69, 9.17) is 10.6 Å². The van der Waals surface area contributed by atoms with Gasteiger partial charge in [0.15, 0.2) is 0 Å². The van der Waals surface area contributed by atoms with Crippen molar-refractivity contribution in [1.82, 2.24) is 5.43 Å². The van der Waals surface area contributed by atoms with Gasteiger partial charge in [-0.05, 0) is 70.5 Å². The van der Waals surface area contributed by atoms with Gasteiger partial charge in [0, 0.05) is 8.04 Å². The summed E-state index contributed by atoms with van der Waals surface area (Å²) in [5, 5.41) is 0. The number of hydrazine groups is 1. The van der Waals surface area contributed by atoms with Gasteiger partial charge in [0.25, 0.3) is 0 Å². The number of rotatable bonds is 5. The summed E-state index contributed by atoms with van der Waals surface area (Å²) in [6.07, 6.45) is 0.663. The Hall–Kier alpha value is -0.700. The Morgan fingerprint density at radius 3 is 2.71 bits per heavy atom. The van der Waals surface area contributed by atoms with Gasteiger partial charge in [0.1, 0.15) is 11.6 Å². The lowest BCUT2D eigenvalue weighted by atomic mass is 9.99. The van der Waals surface area contributed by atoms with Crippen molar-refractivity contribution >= 4 is 38.5 Å². The van der Waals surface area contributed by atoms with Gasteiger partial charge in [-0.2, -0.15) is 0 Å². The van der Waals surface area contributed by atoms with E-state index in [0.717, 1.165) is 24.9 Å². The third-order valence-electron chi connectivity index (χ3n) is 3.22. The van der Waals surface area contributed by atoms with Gasteiger partial charge in [0.05, 0.1) is 13.2 Å². The summed E-state index contributed by atoms with van der Waals surface area (Å²) in [4.78, 5) is 0. The summed E-state index contributed by atoms with van der Waals surface area (Å²) >= 11 is 5.65. The van der Waals surface area contributed by atoms with Crippen LogP contribution in [0.15, 0.2) is 40.9 Å². The fourth-order valence-corrected chi connectivity index (χ4v) is 3.36. The van der Waals surface area contributed by atoms with Crippen molar-refractivity contribution < 1.29 is 9.13 Å². The third kappa shape index (κ3) is 4.15. The van der Waals surface area contributed by atoms with Crippen molar-refractivity contribution in [3.63, 3.8) is 0 Å². The lowest BCUT2D eigenvalue weighted by Gasteiger charge is -2.19. The average molecular weight is 465 g/mol. The highest BCUT2D eigenvalue weighted by molar-refractivity contribution is 14.1. The van der Waals surface area contributed by atoms with Crippen molar-refractivity contribution in [2.45, 2.75) is 12.5 Å². The number of halogens is 3. The molecular weight excluding hydrogens is 450 g/mol. The first-order valence-corrected chi connectivity index (χ1v) is 8.15. The molecule has 0 aliphatic rings. The number of nitrogens with one attached hydrogen (secondary N) is 1. The normalized spacial score (nSPS) is 12.2. The Morgan fingerprint density at radius 2 is 2.10 bits per heavy atom. The van der Waals surface area contributed by atoms with Crippen LogP contribution < -0.4 is 16.0 Å². The molecule has 0 bridgehead atoms. The topological polar surface area (TPSA) is 47.3 Å². The van der Waals surface area contributed by atoms with Crippen molar-refractivity contribution in [1.29, 1.82) is 0 Å². The van der Waals surface area contributed by atoms with Crippen LogP contribution in [0.4, 0.5) is 4.39 Å². The Morgan fingerprint density at radius 1 is 1.33 bits per heavy atom. The standard InChI is InChI=1S/C15H15BrFIN2O/c1-21-11-3-5-13(16)9(6-11)7-15(20-19)12-4-2-10(17)8-14(12)18/h2-6,8,15,20H,7,19H2,1H3. The fraction of sp³-hybridized carbons (Fsp3) is 0.200. The zero-order valence-electron chi connectivity index (χ0n) is 11.4. The van der Waals surface area contributed by atoms with Crippen molar-refractivity contribution in [3.8, 4) is 5.75 Å². The third-order valence-corrected chi connectivity index (χ3v) is 4.92. The zero-order chi connectivity index (χ0) is 15.4. The van der Waals surface area contributed by atoms with E-state index in [1.54, 1.807) is 13.2 Å². The van der Waals surface area contributed by atoms with Gasteiger partial charge in [-0.1, -0.05) is 22.0 Å². The molecule has 1 unspecified atom stereocenters. The van der Waals surface area contributed by atoms with Crippen LogP contribution in [0.5, 0.6) is 5.75 Å². The Labute approximate surface area is 145 Å².